The molecule has 0 saturated carbocycles. The highest BCUT2D eigenvalue weighted by Gasteiger charge is 2.27. The molecule has 33 heavy (non-hydrogen) atoms. The highest BCUT2D eigenvalue weighted by molar-refractivity contribution is 5.92. The van der Waals surface area contributed by atoms with Gasteiger partial charge in [0.2, 0.25) is 5.88 Å². The van der Waals surface area contributed by atoms with Crippen molar-refractivity contribution in [3.63, 3.8) is 0 Å². The summed E-state index contributed by atoms with van der Waals surface area (Å²) in [5.41, 5.74) is 1.83. The zero-order valence-electron chi connectivity index (χ0n) is 17.5. The van der Waals surface area contributed by atoms with E-state index in [0.29, 0.717) is 37.4 Å². The number of rotatable bonds is 9. The Kier molecular flexibility index (Phi) is 7.33. The second kappa shape index (κ2) is 10.4. The second-order valence-electron chi connectivity index (χ2n) is 7.72. The van der Waals surface area contributed by atoms with Gasteiger partial charge in [-0.15, -0.1) is 0 Å². The summed E-state index contributed by atoms with van der Waals surface area (Å²) < 4.78 is 70.2. The number of carbonyl (C=O) groups excluding carboxylic acids is 1. The molecular formula is C21H23F4N3O5. The lowest BCUT2D eigenvalue weighted by Crippen LogP contribution is -2.43. The molecule has 0 bridgehead atoms. The van der Waals surface area contributed by atoms with Crippen molar-refractivity contribution in [2.75, 3.05) is 19.8 Å². The topological polar surface area (TPSA) is 83.8 Å². The fourth-order valence-electron chi connectivity index (χ4n) is 3.78. The number of aromatic nitrogens is 2. The molecule has 0 fully saturated rings. The summed E-state index contributed by atoms with van der Waals surface area (Å²) in [6, 6.07) is 6.57. The van der Waals surface area contributed by atoms with Crippen LogP contribution in [0, 0.1) is 0 Å². The van der Waals surface area contributed by atoms with Crippen LogP contribution >= 0.6 is 0 Å². The maximum Gasteiger partial charge on any atom is 0.345 e. The first kappa shape index (κ1) is 23.3. The molecule has 4 rings (SSSR count). The van der Waals surface area contributed by atoms with Crippen molar-refractivity contribution < 1.29 is 41.3 Å². The molecule has 3 heterocycles. The minimum atomic E-state index is -2.87. The van der Waals surface area contributed by atoms with Crippen LogP contribution in [0.1, 0.15) is 28.0 Å². The Morgan fingerprint density at radius 3 is 2.82 bits per heavy atom. The van der Waals surface area contributed by atoms with Gasteiger partial charge in [0, 0.05) is 19.0 Å². The van der Waals surface area contributed by atoms with Gasteiger partial charge < -0.3 is 24.3 Å². The van der Waals surface area contributed by atoms with Crippen LogP contribution < -0.4 is 14.8 Å². The Morgan fingerprint density at radius 2 is 2.03 bits per heavy atom. The van der Waals surface area contributed by atoms with Gasteiger partial charge in [-0.3, -0.25) is 4.79 Å². The number of halogens is 4. The average molecular weight is 473 g/mol. The predicted molar refractivity (Wildman–Crippen MR) is 106 cm³/mol. The minimum absolute atomic E-state index is 0.0976. The average Bonchev–Trinajstić information content (AvgIpc) is 3.21. The molecule has 1 aromatic carbocycles. The van der Waals surface area contributed by atoms with Crippen LogP contribution in [-0.2, 0) is 28.9 Å². The molecule has 12 heteroatoms. The summed E-state index contributed by atoms with van der Waals surface area (Å²) in [5, 5.41) is 7.10. The van der Waals surface area contributed by atoms with Crippen molar-refractivity contribution in [1.82, 2.24) is 15.1 Å². The number of hydrogen-bond acceptors (Lipinski definition) is 6. The lowest BCUT2D eigenvalue weighted by Gasteiger charge is -2.26. The van der Waals surface area contributed by atoms with E-state index in [1.807, 2.05) is 6.07 Å². The Labute approximate surface area is 186 Å². The number of alkyl halides is 4. The van der Waals surface area contributed by atoms with Crippen LogP contribution in [0.2, 0.25) is 0 Å². The monoisotopic (exact) mass is 473 g/mol. The van der Waals surface area contributed by atoms with E-state index in [-0.39, 0.29) is 31.6 Å². The second-order valence-corrected chi connectivity index (χ2v) is 7.72. The molecule has 0 spiro atoms. The fourth-order valence-corrected chi connectivity index (χ4v) is 3.78. The quantitative estimate of drug-likeness (QED) is 0.564. The Morgan fingerprint density at radius 1 is 1.21 bits per heavy atom. The molecule has 2 aromatic rings. The predicted octanol–water partition coefficient (Wildman–Crippen LogP) is 2.79. The van der Waals surface area contributed by atoms with E-state index in [2.05, 4.69) is 19.9 Å². The maximum atomic E-state index is 12.7. The van der Waals surface area contributed by atoms with Crippen LogP contribution in [0.3, 0.4) is 0 Å². The third-order valence-corrected chi connectivity index (χ3v) is 5.34. The molecule has 1 N–H and O–H groups in total. The first-order valence-corrected chi connectivity index (χ1v) is 10.5. The number of amides is 1. The van der Waals surface area contributed by atoms with Gasteiger partial charge in [0.15, 0.2) is 5.69 Å². The summed E-state index contributed by atoms with van der Waals surface area (Å²) in [6.07, 6.45) is 0.725. The number of carbonyl (C=O) groups is 1. The van der Waals surface area contributed by atoms with E-state index in [4.69, 9.17) is 9.47 Å². The van der Waals surface area contributed by atoms with Gasteiger partial charge in [0.05, 0.1) is 19.3 Å². The number of aryl methyl sites for hydroxylation is 1. The molecular weight excluding hydrogens is 450 g/mol. The van der Waals surface area contributed by atoms with Crippen molar-refractivity contribution in [3.05, 3.63) is 41.1 Å². The van der Waals surface area contributed by atoms with E-state index in [1.165, 1.54) is 10.7 Å². The first-order chi connectivity index (χ1) is 15.9. The van der Waals surface area contributed by atoms with Gasteiger partial charge >= 0.3 is 13.2 Å². The van der Waals surface area contributed by atoms with Crippen LogP contribution in [0.5, 0.6) is 11.6 Å². The Balaban J connectivity index is 1.33. The van der Waals surface area contributed by atoms with E-state index in [0.717, 1.165) is 11.1 Å². The number of hydrogen-bond donors (Lipinski definition) is 1. The van der Waals surface area contributed by atoms with Gasteiger partial charge in [-0.05, 0) is 30.0 Å². The summed E-state index contributed by atoms with van der Waals surface area (Å²) >= 11 is 0. The van der Waals surface area contributed by atoms with Gasteiger partial charge in [-0.1, -0.05) is 12.1 Å². The number of benzene rings is 1. The van der Waals surface area contributed by atoms with E-state index >= 15 is 0 Å². The summed E-state index contributed by atoms with van der Waals surface area (Å²) in [6.45, 7) is -5.34. The zero-order chi connectivity index (χ0) is 23.4. The number of nitrogens with one attached hydrogen (secondary N) is 1. The lowest BCUT2D eigenvalue weighted by molar-refractivity contribution is -0.147. The Hall–Kier alpha value is -2.86. The molecule has 0 radical (unpaired) electrons. The van der Waals surface area contributed by atoms with Crippen LogP contribution in [-0.4, -0.2) is 60.9 Å². The number of nitrogens with zero attached hydrogens (tertiary/aromatic N) is 2. The fraction of sp³-hybridized carbons (Fsp3) is 0.524. The molecule has 2 unspecified atom stereocenters. The number of fused-ring (bicyclic) bond motifs is 2. The molecule has 2 atom stereocenters. The molecule has 2 aliphatic rings. The van der Waals surface area contributed by atoms with E-state index < -0.39 is 25.2 Å². The minimum Gasteiger partial charge on any atom is -0.491 e. The smallest absolute Gasteiger partial charge is 0.345 e. The molecule has 1 aromatic heterocycles. The molecule has 8 nitrogen and oxygen atoms in total. The lowest BCUT2D eigenvalue weighted by atomic mass is 9.99. The summed E-state index contributed by atoms with van der Waals surface area (Å²) in [5.74, 6) is 0.580. The SMILES string of the molecule is O=C(NC1COc2ccc(CCOC(F)F)cc2C1)c1cc2n(n1)CCC(COC(F)F)O2. The van der Waals surface area contributed by atoms with Gasteiger partial charge in [0.25, 0.3) is 5.91 Å². The Bertz CT molecular complexity index is 971. The highest BCUT2D eigenvalue weighted by atomic mass is 19.3. The van der Waals surface area contributed by atoms with Crippen molar-refractivity contribution in [2.24, 2.45) is 0 Å². The molecule has 0 saturated heterocycles. The van der Waals surface area contributed by atoms with Gasteiger partial charge in [-0.25, -0.2) is 4.68 Å². The summed E-state index contributed by atoms with van der Waals surface area (Å²) in [4.78, 5) is 12.7. The largest absolute Gasteiger partial charge is 0.491 e. The standard InChI is InChI=1S/C21H23F4N3O5/c22-20(23)30-6-4-12-1-2-17-13(7-12)8-14(10-31-17)26-19(29)16-9-18-28(27-16)5-3-15(33-18)11-32-21(24)25/h1-2,7,9,14-15,20-21H,3-6,8,10-11H2,(H,26,29). The van der Waals surface area contributed by atoms with Crippen LogP contribution in [0.25, 0.3) is 0 Å². The van der Waals surface area contributed by atoms with Crippen LogP contribution in [0.15, 0.2) is 24.3 Å². The molecule has 0 aliphatic carbocycles. The van der Waals surface area contributed by atoms with Gasteiger partial charge in [-0.2, -0.15) is 22.7 Å². The van der Waals surface area contributed by atoms with Crippen molar-refractivity contribution in [3.8, 4) is 11.6 Å². The van der Waals surface area contributed by atoms with Crippen molar-refractivity contribution >= 4 is 5.91 Å². The normalized spacial score (nSPS) is 19.6. The zero-order valence-corrected chi connectivity index (χ0v) is 17.5. The van der Waals surface area contributed by atoms with Crippen LogP contribution in [0.4, 0.5) is 17.6 Å². The third kappa shape index (κ3) is 6.14. The van der Waals surface area contributed by atoms with E-state index in [1.54, 1.807) is 12.1 Å². The van der Waals surface area contributed by atoms with E-state index in [9.17, 15) is 22.4 Å². The molecule has 180 valence electrons. The highest BCUT2D eigenvalue weighted by Crippen LogP contribution is 2.27. The summed E-state index contributed by atoms with van der Waals surface area (Å²) in [7, 11) is 0. The van der Waals surface area contributed by atoms with Gasteiger partial charge in [0.1, 0.15) is 18.5 Å². The van der Waals surface area contributed by atoms with Crippen molar-refractivity contribution in [1.29, 1.82) is 0 Å². The third-order valence-electron chi connectivity index (χ3n) is 5.34. The molecule has 2 aliphatic heterocycles. The molecule has 1 amide bonds. The first-order valence-electron chi connectivity index (χ1n) is 10.5. The number of ether oxygens (including phenoxy) is 4. The maximum absolute atomic E-state index is 12.7. The van der Waals surface area contributed by atoms with Crippen molar-refractivity contribution in [2.45, 2.75) is 51.2 Å².